The quantitative estimate of drug-likeness (QED) is 0.792. The van der Waals surface area contributed by atoms with E-state index in [1.54, 1.807) is 11.0 Å². The van der Waals surface area contributed by atoms with Gasteiger partial charge in [-0.15, -0.1) is 0 Å². The van der Waals surface area contributed by atoms with Crippen LogP contribution in [0.2, 0.25) is 0 Å². The van der Waals surface area contributed by atoms with Gasteiger partial charge in [0.05, 0.1) is 12.8 Å². The molecule has 0 aliphatic carbocycles. The first-order valence-corrected chi connectivity index (χ1v) is 8.07. The Morgan fingerprint density at radius 1 is 1.35 bits per heavy atom. The number of aryl methyl sites for hydroxylation is 1. The molecule has 0 unspecified atom stereocenters. The van der Waals surface area contributed by atoms with Crippen molar-refractivity contribution in [3.05, 3.63) is 46.3 Å². The monoisotopic (exact) mass is 334 g/mol. The summed E-state index contributed by atoms with van der Waals surface area (Å²) in [7, 11) is 1.30. The van der Waals surface area contributed by atoms with E-state index in [0.717, 1.165) is 29.9 Å². The standard InChI is InChI=1S/C16H15FN2O3S/c1-22-16(21)13-18-12-7-2-3-8-19(15(12)23-13)14(20)10-5-4-6-11(17)9-10/h4-6,9H,2-3,7-8H2,1H3. The van der Waals surface area contributed by atoms with Crippen LogP contribution < -0.4 is 4.90 Å². The van der Waals surface area contributed by atoms with Crippen molar-refractivity contribution < 1.29 is 18.7 Å². The molecule has 0 atom stereocenters. The largest absolute Gasteiger partial charge is 0.464 e. The normalized spacial score (nSPS) is 14.1. The van der Waals surface area contributed by atoms with Gasteiger partial charge in [-0.05, 0) is 37.5 Å². The number of thiazole rings is 1. The van der Waals surface area contributed by atoms with Crippen LogP contribution in [0.1, 0.15) is 38.7 Å². The summed E-state index contributed by atoms with van der Waals surface area (Å²) in [6.07, 6.45) is 2.41. The SMILES string of the molecule is COC(=O)c1nc2c(s1)N(C(=O)c1cccc(F)c1)CCCC2. The molecule has 3 rings (SSSR count). The highest BCUT2D eigenvalue weighted by Gasteiger charge is 2.28. The number of hydrogen-bond donors (Lipinski definition) is 0. The van der Waals surface area contributed by atoms with Gasteiger partial charge in [0.2, 0.25) is 5.01 Å². The molecule has 1 aromatic heterocycles. The smallest absolute Gasteiger partial charge is 0.367 e. The van der Waals surface area contributed by atoms with Crippen LogP contribution in [0.15, 0.2) is 24.3 Å². The fourth-order valence-corrected chi connectivity index (χ4v) is 3.58. The van der Waals surface area contributed by atoms with Gasteiger partial charge in [0.15, 0.2) is 0 Å². The zero-order valence-corrected chi connectivity index (χ0v) is 13.4. The molecule has 120 valence electrons. The van der Waals surface area contributed by atoms with Crippen LogP contribution in [0.25, 0.3) is 0 Å². The topological polar surface area (TPSA) is 59.5 Å². The Morgan fingerprint density at radius 3 is 2.91 bits per heavy atom. The summed E-state index contributed by atoms with van der Waals surface area (Å²) in [4.78, 5) is 30.3. The highest BCUT2D eigenvalue weighted by Crippen LogP contribution is 2.34. The lowest BCUT2D eigenvalue weighted by atomic mass is 10.2. The first-order chi connectivity index (χ1) is 11.1. The minimum atomic E-state index is -0.513. The van der Waals surface area contributed by atoms with E-state index in [1.165, 1.54) is 25.3 Å². The summed E-state index contributed by atoms with van der Waals surface area (Å²) in [5, 5.41) is 0.883. The molecule has 0 saturated heterocycles. The van der Waals surface area contributed by atoms with Crippen molar-refractivity contribution in [2.24, 2.45) is 0 Å². The van der Waals surface area contributed by atoms with Gasteiger partial charge in [-0.3, -0.25) is 9.69 Å². The van der Waals surface area contributed by atoms with Gasteiger partial charge in [-0.1, -0.05) is 17.4 Å². The lowest BCUT2D eigenvalue weighted by Gasteiger charge is -2.20. The minimum absolute atomic E-state index is 0.233. The Morgan fingerprint density at radius 2 is 2.17 bits per heavy atom. The fraction of sp³-hybridized carbons (Fsp3) is 0.312. The van der Waals surface area contributed by atoms with Crippen LogP contribution in [-0.2, 0) is 11.2 Å². The lowest BCUT2D eigenvalue weighted by molar-refractivity contribution is 0.0600. The highest BCUT2D eigenvalue weighted by atomic mass is 32.1. The number of amides is 1. The number of carbonyl (C=O) groups is 2. The Hall–Kier alpha value is -2.28. The van der Waals surface area contributed by atoms with Gasteiger partial charge in [0.1, 0.15) is 10.8 Å². The number of nitrogens with zero attached hydrogens (tertiary/aromatic N) is 2. The Bertz CT molecular complexity index is 760. The number of methoxy groups -OCH3 is 1. The predicted molar refractivity (Wildman–Crippen MR) is 84.5 cm³/mol. The summed E-state index contributed by atoms with van der Waals surface area (Å²) in [5.41, 5.74) is 1.00. The summed E-state index contributed by atoms with van der Waals surface area (Å²) >= 11 is 1.14. The van der Waals surface area contributed by atoms with Crippen LogP contribution in [0.5, 0.6) is 0 Å². The number of carbonyl (C=O) groups excluding carboxylic acids is 2. The fourth-order valence-electron chi connectivity index (χ4n) is 2.53. The maximum Gasteiger partial charge on any atom is 0.367 e. The predicted octanol–water partition coefficient (Wildman–Crippen LogP) is 3.05. The van der Waals surface area contributed by atoms with Crippen molar-refractivity contribution in [1.82, 2.24) is 4.98 Å². The van der Waals surface area contributed by atoms with Crippen LogP contribution in [-0.4, -0.2) is 30.5 Å². The molecule has 2 heterocycles. The number of anilines is 1. The summed E-state index contributed by atoms with van der Waals surface area (Å²) < 4.78 is 18.1. The molecule has 1 amide bonds. The molecule has 0 fully saturated rings. The minimum Gasteiger partial charge on any atom is -0.464 e. The summed E-state index contributed by atoms with van der Waals surface area (Å²) in [6.45, 7) is 0.519. The Kier molecular flexibility index (Phi) is 4.38. The molecule has 0 spiro atoms. The highest BCUT2D eigenvalue weighted by molar-refractivity contribution is 7.17. The average Bonchev–Trinajstić information content (AvgIpc) is 2.88. The van der Waals surface area contributed by atoms with Crippen LogP contribution in [0, 0.1) is 5.82 Å². The number of hydrogen-bond acceptors (Lipinski definition) is 5. The molecule has 5 nitrogen and oxygen atoms in total. The van der Waals surface area contributed by atoms with Gasteiger partial charge >= 0.3 is 5.97 Å². The second-order valence-electron chi connectivity index (χ2n) is 5.19. The summed E-state index contributed by atoms with van der Waals surface area (Å²) in [5.74, 6) is -1.25. The zero-order valence-electron chi connectivity index (χ0n) is 12.5. The zero-order chi connectivity index (χ0) is 16.4. The van der Waals surface area contributed by atoms with Crippen molar-refractivity contribution >= 4 is 28.2 Å². The van der Waals surface area contributed by atoms with Crippen molar-refractivity contribution in [3.63, 3.8) is 0 Å². The van der Waals surface area contributed by atoms with Crippen molar-refractivity contribution in [3.8, 4) is 0 Å². The van der Waals surface area contributed by atoms with Gasteiger partial charge < -0.3 is 4.74 Å². The number of benzene rings is 1. The Labute approximate surface area is 136 Å². The maximum absolute atomic E-state index is 13.4. The molecule has 2 aromatic rings. The third-order valence-corrected chi connectivity index (χ3v) is 4.74. The molecule has 1 aromatic carbocycles. The second kappa shape index (κ2) is 6.45. The van der Waals surface area contributed by atoms with Gasteiger partial charge in [-0.2, -0.15) is 0 Å². The molecule has 1 aliphatic heterocycles. The van der Waals surface area contributed by atoms with E-state index < -0.39 is 11.8 Å². The van der Waals surface area contributed by atoms with Gasteiger partial charge in [-0.25, -0.2) is 14.2 Å². The lowest BCUT2D eigenvalue weighted by Crippen LogP contribution is -2.31. The van der Waals surface area contributed by atoms with Gasteiger partial charge in [0, 0.05) is 12.1 Å². The second-order valence-corrected chi connectivity index (χ2v) is 6.16. The Balaban J connectivity index is 1.98. The molecule has 0 bridgehead atoms. The summed E-state index contributed by atoms with van der Waals surface area (Å²) in [6, 6.07) is 5.61. The number of fused-ring (bicyclic) bond motifs is 1. The third kappa shape index (κ3) is 3.10. The molecule has 0 N–H and O–H groups in total. The molecule has 1 aliphatic rings. The number of halogens is 1. The molecular formula is C16H15FN2O3S. The van der Waals surface area contributed by atoms with E-state index in [4.69, 9.17) is 4.74 Å². The van der Waals surface area contributed by atoms with Crippen LogP contribution in [0.3, 0.4) is 0 Å². The molecule has 23 heavy (non-hydrogen) atoms. The van der Waals surface area contributed by atoms with Gasteiger partial charge in [0.25, 0.3) is 5.91 Å². The van der Waals surface area contributed by atoms with E-state index in [-0.39, 0.29) is 16.5 Å². The molecule has 7 heteroatoms. The van der Waals surface area contributed by atoms with E-state index >= 15 is 0 Å². The van der Waals surface area contributed by atoms with E-state index in [2.05, 4.69) is 4.98 Å². The van der Waals surface area contributed by atoms with E-state index in [9.17, 15) is 14.0 Å². The average molecular weight is 334 g/mol. The van der Waals surface area contributed by atoms with Crippen LogP contribution >= 0.6 is 11.3 Å². The maximum atomic E-state index is 13.4. The van der Waals surface area contributed by atoms with Crippen LogP contribution in [0.4, 0.5) is 9.39 Å². The molecule has 0 radical (unpaired) electrons. The van der Waals surface area contributed by atoms with E-state index in [0.29, 0.717) is 18.0 Å². The molecular weight excluding hydrogens is 319 g/mol. The van der Waals surface area contributed by atoms with Crippen molar-refractivity contribution in [1.29, 1.82) is 0 Å². The number of aromatic nitrogens is 1. The molecule has 0 saturated carbocycles. The van der Waals surface area contributed by atoms with E-state index in [1.807, 2.05) is 0 Å². The van der Waals surface area contributed by atoms with Crippen molar-refractivity contribution in [2.75, 3.05) is 18.6 Å². The number of rotatable bonds is 2. The third-order valence-electron chi connectivity index (χ3n) is 3.64. The number of ether oxygens (including phenoxy) is 1. The first-order valence-electron chi connectivity index (χ1n) is 7.25. The number of esters is 1. The van der Waals surface area contributed by atoms with Crippen molar-refractivity contribution in [2.45, 2.75) is 19.3 Å². The first kappa shape index (κ1) is 15.6.